The lowest BCUT2D eigenvalue weighted by atomic mass is 10.0. The summed E-state index contributed by atoms with van der Waals surface area (Å²) in [5.41, 5.74) is 2.04. The fourth-order valence-electron chi connectivity index (χ4n) is 4.29. The van der Waals surface area contributed by atoms with Gasteiger partial charge in [0.05, 0.1) is 24.2 Å². The van der Waals surface area contributed by atoms with Crippen molar-refractivity contribution in [3.8, 4) is 11.5 Å². The summed E-state index contributed by atoms with van der Waals surface area (Å²) in [5.74, 6) is 0.952. The predicted octanol–water partition coefficient (Wildman–Crippen LogP) is 3.25. The topological polar surface area (TPSA) is 95.3 Å². The molecule has 178 valence electrons. The van der Waals surface area contributed by atoms with E-state index in [1.54, 1.807) is 24.5 Å². The molecule has 0 atom stereocenters. The SMILES string of the molecule is CC1(C)Cc2cccc(OCC(=O)NCc3nn(Cc4cccnc4)c(=O)c4ccccc34)c2O1. The first-order valence-corrected chi connectivity index (χ1v) is 11.5. The van der Waals surface area contributed by atoms with Gasteiger partial charge in [-0.3, -0.25) is 14.6 Å². The average molecular weight is 471 g/mol. The molecule has 1 N–H and O–H groups in total. The highest BCUT2D eigenvalue weighted by Crippen LogP contribution is 2.41. The van der Waals surface area contributed by atoms with Crippen LogP contribution in [0.3, 0.4) is 0 Å². The highest BCUT2D eigenvalue weighted by molar-refractivity contribution is 5.84. The van der Waals surface area contributed by atoms with E-state index in [9.17, 15) is 9.59 Å². The molecule has 2 aromatic carbocycles. The molecule has 8 heteroatoms. The lowest BCUT2D eigenvalue weighted by Crippen LogP contribution is -2.31. The van der Waals surface area contributed by atoms with E-state index in [0.717, 1.165) is 17.5 Å². The van der Waals surface area contributed by atoms with Crippen LogP contribution in [0.1, 0.15) is 30.7 Å². The molecular formula is C27H26N4O4. The molecule has 1 aliphatic heterocycles. The summed E-state index contributed by atoms with van der Waals surface area (Å²) in [5, 5.41) is 8.66. The molecule has 3 heterocycles. The third kappa shape index (κ3) is 4.87. The van der Waals surface area contributed by atoms with Gasteiger partial charge in [0.15, 0.2) is 18.1 Å². The van der Waals surface area contributed by atoms with E-state index in [4.69, 9.17) is 9.47 Å². The summed E-state index contributed by atoms with van der Waals surface area (Å²) < 4.78 is 13.2. The van der Waals surface area contributed by atoms with Crippen LogP contribution in [0.15, 0.2) is 71.8 Å². The maximum absolute atomic E-state index is 13.0. The van der Waals surface area contributed by atoms with Crippen molar-refractivity contribution >= 4 is 16.7 Å². The highest BCUT2D eigenvalue weighted by Gasteiger charge is 2.32. The van der Waals surface area contributed by atoms with Gasteiger partial charge in [0.2, 0.25) is 0 Å². The Morgan fingerprint density at radius 1 is 1.11 bits per heavy atom. The van der Waals surface area contributed by atoms with E-state index in [1.165, 1.54) is 4.68 Å². The molecule has 35 heavy (non-hydrogen) atoms. The number of carbonyl (C=O) groups excluding carboxylic acids is 1. The van der Waals surface area contributed by atoms with Gasteiger partial charge >= 0.3 is 0 Å². The Morgan fingerprint density at radius 2 is 1.94 bits per heavy atom. The van der Waals surface area contributed by atoms with Crippen molar-refractivity contribution in [3.05, 3.63) is 94.2 Å². The lowest BCUT2D eigenvalue weighted by molar-refractivity contribution is -0.123. The van der Waals surface area contributed by atoms with Gasteiger partial charge in [0.1, 0.15) is 5.60 Å². The number of fused-ring (bicyclic) bond motifs is 2. The lowest BCUT2D eigenvalue weighted by Gasteiger charge is -2.18. The first-order valence-electron chi connectivity index (χ1n) is 11.5. The summed E-state index contributed by atoms with van der Waals surface area (Å²) in [4.78, 5) is 29.7. The Morgan fingerprint density at radius 3 is 2.74 bits per heavy atom. The van der Waals surface area contributed by atoms with Crippen molar-refractivity contribution in [3.63, 3.8) is 0 Å². The minimum absolute atomic E-state index is 0.159. The third-order valence-electron chi connectivity index (χ3n) is 5.87. The second-order valence-corrected chi connectivity index (χ2v) is 9.16. The first kappa shape index (κ1) is 22.6. The highest BCUT2D eigenvalue weighted by atomic mass is 16.5. The minimum atomic E-state index is -0.296. The van der Waals surface area contributed by atoms with Gasteiger partial charge in [-0.25, -0.2) is 4.68 Å². The van der Waals surface area contributed by atoms with E-state index in [2.05, 4.69) is 15.4 Å². The molecule has 5 rings (SSSR count). The molecule has 1 aliphatic rings. The van der Waals surface area contributed by atoms with Crippen molar-refractivity contribution in [1.29, 1.82) is 0 Å². The normalized spacial score (nSPS) is 13.8. The summed E-state index contributed by atoms with van der Waals surface area (Å²) in [6.45, 7) is 4.33. The monoisotopic (exact) mass is 470 g/mol. The number of para-hydroxylation sites is 1. The van der Waals surface area contributed by atoms with Gasteiger partial charge in [0.25, 0.3) is 11.5 Å². The number of rotatable bonds is 7. The molecule has 4 aromatic rings. The largest absolute Gasteiger partial charge is 0.483 e. The molecule has 0 fully saturated rings. The van der Waals surface area contributed by atoms with Crippen LogP contribution >= 0.6 is 0 Å². The molecule has 2 aromatic heterocycles. The smallest absolute Gasteiger partial charge is 0.274 e. The van der Waals surface area contributed by atoms with E-state index < -0.39 is 0 Å². The number of nitrogens with one attached hydrogen (secondary N) is 1. The number of hydrogen-bond acceptors (Lipinski definition) is 6. The van der Waals surface area contributed by atoms with E-state index in [1.807, 2.05) is 56.3 Å². The molecule has 0 bridgehead atoms. The van der Waals surface area contributed by atoms with Crippen LogP contribution < -0.4 is 20.3 Å². The zero-order chi connectivity index (χ0) is 24.4. The van der Waals surface area contributed by atoms with Crippen molar-refractivity contribution in [2.45, 2.75) is 39.0 Å². The summed E-state index contributed by atoms with van der Waals surface area (Å²) in [6.07, 6.45) is 4.17. The Kier molecular flexibility index (Phi) is 5.94. The Labute approximate surface area is 202 Å². The number of nitrogens with zero attached hydrogens (tertiary/aromatic N) is 3. The zero-order valence-electron chi connectivity index (χ0n) is 19.7. The van der Waals surface area contributed by atoms with Crippen molar-refractivity contribution < 1.29 is 14.3 Å². The molecule has 0 saturated heterocycles. The van der Waals surface area contributed by atoms with Crippen LogP contribution in [-0.2, 0) is 24.3 Å². The van der Waals surface area contributed by atoms with E-state index in [-0.39, 0.29) is 36.8 Å². The molecule has 0 saturated carbocycles. The zero-order valence-corrected chi connectivity index (χ0v) is 19.7. The van der Waals surface area contributed by atoms with Gasteiger partial charge in [-0.05, 0) is 37.6 Å². The van der Waals surface area contributed by atoms with Crippen LogP contribution in [0.25, 0.3) is 10.8 Å². The van der Waals surface area contributed by atoms with Crippen LogP contribution in [-0.4, -0.2) is 32.9 Å². The number of benzene rings is 2. The number of amides is 1. The molecule has 0 spiro atoms. The molecule has 1 amide bonds. The third-order valence-corrected chi connectivity index (χ3v) is 5.87. The number of hydrogen-bond donors (Lipinski definition) is 1. The maximum Gasteiger partial charge on any atom is 0.274 e. The predicted molar refractivity (Wildman–Crippen MR) is 132 cm³/mol. The summed E-state index contributed by atoms with van der Waals surface area (Å²) in [7, 11) is 0. The fourth-order valence-corrected chi connectivity index (χ4v) is 4.29. The molecule has 0 aliphatic carbocycles. The Hall–Kier alpha value is -4.20. The van der Waals surface area contributed by atoms with Crippen LogP contribution in [0.2, 0.25) is 0 Å². The van der Waals surface area contributed by atoms with Gasteiger partial charge in [-0.15, -0.1) is 0 Å². The van der Waals surface area contributed by atoms with Gasteiger partial charge in [-0.1, -0.05) is 36.4 Å². The number of pyridine rings is 1. The quantitative estimate of drug-likeness (QED) is 0.446. The van der Waals surface area contributed by atoms with Crippen LogP contribution in [0.4, 0.5) is 0 Å². The van der Waals surface area contributed by atoms with Crippen LogP contribution in [0.5, 0.6) is 11.5 Å². The number of aromatic nitrogens is 3. The van der Waals surface area contributed by atoms with Crippen LogP contribution in [0, 0.1) is 0 Å². The molecule has 8 nitrogen and oxygen atoms in total. The Balaban J connectivity index is 1.30. The first-order chi connectivity index (χ1) is 16.9. The number of ether oxygens (including phenoxy) is 2. The second kappa shape index (κ2) is 9.21. The summed E-state index contributed by atoms with van der Waals surface area (Å²) >= 11 is 0. The van der Waals surface area contributed by atoms with Crippen molar-refractivity contribution in [2.75, 3.05) is 6.61 Å². The fraction of sp³-hybridized carbons (Fsp3) is 0.259. The maximum atomic E-state index is 13.0. The molecule has 0 radical (unpaired) electrons. The Bertz CT molecular complexity index is 1450. The standard InChI is InChI=1S/C27H26N4O4/c1-27(2)13-19-8-5-11-23(25(19)35-27)34-17-24(32)29-15-22-20-9-3-4-10-21(20)26(33)31(30-22)16-18-7-6-12-28-14-18/h3-12,14H,13,15-17H2,1-2H3,(H,29,32). The number of carbonyl (C=O) groups is 1. The van der Waals surface area contributed by atoms with Gasteiger partial charge < -0.3 is 14.8 Å². The van der Waals surface area contributed by atoms with Crippen molar-refractivity contribution in [1.82, 2.24) is 20.1 Å². The second-order valence-electron chi connectivity index (χ2n) is 9.16. The van der Waals surface area contributed by atoms with Gasteiger partial charge in [-0.2, -0.15) is 5.10 Å². The van der Waals surface area contributed by atoms with Crippen molar-refractivity contribution in [2.24, 2.45) is 0 Å². The van der Waals surface area contributed by atoms with E-state index >= 15 is 0 Å². The van der Waals surface area contributed by atoms with E-state index in [0.29, 0.717) is 28.0 Å². The average Bonchev–Trinajstić information content (AvgIpc) is 3.18. The minimum Gasteiger partial charge on any atom is -0.483 e. The van der Waals surface area contributed by atoms with Gasteiger partial charge in [0, 0.05) is 29.8 Å². The molecular weight excluding hydrogens is 444 g/mol. The molecule has 0 unspecified atom stereocenters. The summed E-state index contributed by atoms with van der Waals surface area (Å²) in [6, 6.07) is 16.7.